The van der Waals surface area contributed by atoms with Crippen molar-refractivity contribution in [3.05, 3.63) is 190 Å². The first-order chi connectivity index (χ1) is 28.9. The van der Waals surface area contributed by atoms with Crippen LogP contribution in [0.3, 0.4) is 0 Å². The van der Waals surface area contributed by atoms with E-state index in [1.165, 1.54) is 31.1 Å². The maximum absolute atomic E-state index is 12.3. The van der Waals surface area contributed by atoms with Gasteiger partial charge < -0.3 is 9.84 Å². The van der Waals surface area contributed by atoms with E-state index in [2.05, 4.69) is 74.8 Å². The van der Waals surface area contributed by atoms with Crippen molar-refractivity contribution < 1.29 is 19.4 Å². The standard InChI is InChI=1S/C25H23N3O2.C24H21N3O2/c1-30-25(29)22-13-20(19-8-9-19)14-26-23(22)12-18-7-10-24-21(11-18)15-27-28(24)16-17-5-3-2-4-6-17;28-24(29)21-12-19(18-7-8-18)13-25-22(21)11-17-6-9-23-20(10-17)14-26-27(23)15-16-4-2-1-3-5-16/h2-7,10-11,13-15,19H,8-9,12,16H2,1H3;1-6,9-10,12-14,18H,7-8,11,15H2,(H,28,29). The highest BCUT2D eigenvalue weighted by molar-refractivity contribution is 5.91. The number of aromatic carboxylic acids is 1. The molecule has 10 nitrogen and oxygen atoms in total. The topological polar surface area (TPSA) is 125 Å². The lowest BCUT2D eigenvalue weighted by Crippen LogP contribution is -2.09. The number of nitrogens with zero attached hydrogens (tertiary/aromatic N) is 6. The number of carbonyl (C=O) groups excluding carboxylic acids is 1. The van der Waals surface area contributed by atoms with Gasteiger partial charge in [0.05, 0.1) is 66.1 Å². The van der Waals surface area contributed by atoms with Crippen LogP contribution in [0.15, 0.2) is 134 Å². The Morgan fingerprint density at radius 1 is 0.593 bits per heavy atom. The van der Waals surface area contributed by atoms with Crippen LogP contribution >= 0.6 is 0 Å². The van der Waals surface area contributed by atoms with Crippen molar-refractivity contribution in [2.24, 2.45) is 0 Å². The molecule has 2 fully saturated rings. The van der Waals surface area contributed by atoms with E-state index in [0.717, 1.165) is 75.7 Å². The quantitative estimate of drug-likeness (QED) is 0.122. The summed E-state index contributed by atoms with van der Waals surface area (Å²) in [6, 6.07) is 36.8. The molecule has 4 aromatic heterocycles. The van der Waals surface area contributed by atoms with Gasteiger partial charge in [-0.25, -0.2) is 9.59 Å². The van der Waals surface area contributed by atoms with Crippen LogP contribution in [0.5, 0.6) is 0 Å². The number of carbonyl (C=O) groups is 2. The SMILES string of the molecule is COC(=O)c1cc(C2CC2)cnc1Cc1ccc2c(cnn2Cc2ccccc2)c1.O=C(O)c1cc(C2CC2)cnc1Cc1ccc2c(cnn2Cc2ccccc2)c1. The second-order valence-electron chi connectivity index (χ2n) is 15.6. The summed E-state index contributed by atoms with van der Waals surface area (Å²) < 4.78 is 9.00. The van der Waals surface area contributed by atoms with Crippen molar-refractivity contribution >= 4 is 33.7 Å². The Labute approximate surface area is 342 Å². The molecule has 0 radical (unpaired) electrons. The van der Waals surface area contributed by atoms with Crippen molar-refractivity contribution in [2.45, 2.75) is 63.5 Å². The molecule has 4 aromatic carbocycles. The average molecular weight is 781 g/mol. The Morgan fingerprint density at radius 3 is 1.49 bits per heavy atom. The predicted molar refractivity (Wildman–Crippen MR) is 227 cm³/mol. The third-order valence-corrected chi connectivity index (χ3v) is 11.2. The maximum atomic E-state index is 12.3. The molecule has 8 aromatic rings. The lowest BCUT2D eigenvalue weighted by atomic mass is 10.0. The molecule has 10 heteroatoms. The summed E-state index contributed by atoms with van der Waals surface area (Å²) in [4.78, 5) is 33.2. The van der Waals surface area contributed by atoms with Crippen LogP contribution in [0.25, 0.3) is 21.8 Å². The van der Waals surface area contributed by atoms with E-state index >= 15 is 0 Å². The van der Waals surface area contributed by atoms with Crippen LogP contribution in [-0.2, 0) is 30.7 Å². The van der Waals surface area contributed by atoms with Gasteiger partial charge in [0.1, 0.15) is 0 Å². The van der Waals surface area contributed by atoms with Gasteiger partial charge in [-0.3, -0.25) is 19.3 Å². The van der Waals surface area contributed by atoms with Crippen LogP contribution in [0.1, 0.15) is 103 Å². The number of fused-ring (bicyclic) bond motifs is 2. The van der Waals surface area contributed by atoms with Gasteiger partial charge in [-0.05, 0) is 107 Å². The molecule has 2 saturated carbocycles. The number of hydrogen-bond donors (Lipinski definition) is 1. The molecule has 0 bridgehead atoms. The molecule has 0 spiro atoms. The second kappa shape index (κ2) is 16.5. The highest BCUT2D eigenvalue weighted by Crippen LogP contribution is 2.41. The second-order valence-corrected chi connectivity index (χ2v) is 15.6. The number of pyridine rings is 2. The van der Waals surface area contributed by atoms with Gasteiger partial charge >= 0.3 is 11.9 Å². The molecule has 2 aliphatic carbocycles. The first kappa shape index (κ1) is 37.6. The Morgan fingerprint density at radius 2 is 1.05 bits per heavy atom. The van der Waals surface area contributed by atoms with E-state index in [0.29, 0.717) is 41.5 Å². The maximum Gasteiger partial charge on any atom is 0.339 e. The van der Waals surface area contributed by atoms with E-state index in [1.807, 2.05) is 82.7 Å². The molecule has 0 atom stereocenters. The zero-order valence-corrected chi connectivity index (χ0v) is 32.9. The number of ether oxygens (including phenoxy) is 1. The Bertz CT molecular complexity index is 2790. The summed E-state index contributed by atoms with van der Waals surface area (Å²) >= 11 is 0. The fourth-order valence-electron chi connectivity index (χ4n) is 7.70. The molecule has 0 unspecified atom stereocenters. The van der Waals surface area contributed by atoms with Crippen molar-refractivity contribution in [3.8, 4) is 0 Å². The predicted octanol–water partition coefficient (Wildman–Crippen LogP) is 9.38. The molecule has 0 amide bonds. The lowest BCUT2D eigenvalue weighted by Gasteiger charge is -2.10. The minimum Gasteiger partial charge on any atom is -0.478 e. The Hall–Kier alpha value is -6.94. The zero-order chi connectivity index (χ0) is 40.3. The fourth-order valence-corrected chi connectivity index (χ4v) is 7.70. The van der Waals surface area contributed by atoms with Gasteiger partial charge in [0.25, 0.3) is 0 Å². The van der Waals surface area contributed by atoms with Gasteiger partial charge in [0, 0.05) is 36.0 Å². The first-order valence-electron chi connectivity index (χ1n) is 20.1. The van der Waals surface area contributed by atoms with E-state index in [9.17, 15) is 14.7 Å². The number of esters is 1. The minimum absolute atomic E-state index is 0.314. The van der Waals surface area contributed by atoms with Gasteiger partial charge in [-0.1, -0.05) is 72.8 Å². The van der Waals surface area contributed by atoms with Crippen LogP contribution in [0.2, 0.25) is 0 Å². The summed E-state index contributed by atoms with van der Waals surface area (Å²) in [7, 11) is 1.42. The van der Waals surface area contributed by atoms with E-state index in [-0.39, 0.29) is 5.97 Å². The zero-order valence-electron chi connectivity index (χ0n) is 32.9. The van der Waals surface area contributed by atoms with Crippen LogP contribution < -0.4 is 0 Å². The molecule has 4 heterocycles. The highest BCUT2D eigenvalue weighted by atomic mass is 16.5. The van der Waals surface area contributed by atoms with Crippen LogP contribution in [0.4, 0.5) is 0 Å². The number of hydrogen-bond acceptors (Lipinski definition) is 7. The summed E-state index contributed by atoms with van der Waals surface area (Å²) in [6.45, 7) is 1.46. The number of aromatic nitrogens is 6. The van der Waals surface area contributed by atoms with Gasteiger partial charge in [0.15, 0.2) is 0 Å². The molecule has 0 saturated heterocycles. The normalized spacial score (nSPS) is 13.6. The van der Waals surface area contributed by atoms with Crippen molar-refractivity contribution in [1.29, 1.82) is 0 Å². The number of rotatable bonds is 12. The number of carboxylic acid groups (broad SMARTS) is 1. The van der Waals surface area contributed by atoms with E-state index in [1.54, 1.807) is 6.07 Å². The number of methoxy groups -OCH3 is 1. The van der Waals surface area contributed by atoms with Gasteiger partial charge in [0.2, 0.25) is 0 Å². The Kier molecular flexibility index (Phi) is 10.5. The average Bonchev–Trinajstić information content (AvgIpc) is 4.21. The van der Waals surface area contributed by atoms with Crippen molar-refractivity contribution in [3.63, 3.8) is 0 Å². The third-order valence-electron chi connectivity index (χ3n) is 11.2. The molecule has 0 aliphatic heterocycles. The summed E-state index contributed by atoms with van der Waals surface area (Å²) in [6.07, 6.45) is 13.2. The molecule has 294 valence electrons. The molecule has 1 N–H and O–H groups in total. The third kappa shape index (κ3) is 8.67. The monoisotopic (exact) mass is 780 g/mol. The fraction of sp³-hybridized carbons (Fsp3) is 0.224. The van der Waals surface area contributed by atoms with E-state index in [4.69, 9.17) is 4.74 Å². The van der Waals surface area contributed by atoms with Crippen molar-refractivity contribution in [2.75, 3.05) is 7.11 Å². The molecular weight excluding hydrogens is 737 g/mol. The molecule has 2 aliphatic rings. The summed E-state index contributed by atoms with van der Waals surface area (Å²) in [5.74, 6) is -0.202. The minimum atomic E-state index is -0.910. The van der Waals surface area contributed by atoms with Gasteiger partial charge in [-0.15, -0.1) is 0 Å². The molecular formula is C49H44N6O4. The highest BCUT2D eigenvalue weighted by Gasteiger charge is 2.27. The largest absolute Gasteiger partial charge is 0.478 e. The summed E-state index contributed by atoms with van der Waals surface area (Å²) in [5.41, 5.74) is 11.1. The number of benzene rings is 4. The first-order valence-corrected chi connectivity index (χ1v) is 20.1. The van der Waals surface area contributed by atoms with Crippen LogP contribution in [0, 0.1) is 0 Å². The Balaban J connectivity index is 0.000000152. The molecule has 10 rings (SSSR count). The lowest BCUT2D eigenvalue weighted by molar-refractivity contribution is 0.0598. The summed E-state index contributed by atoms with van der Waals surface area (Å²) in [5, 5.41) is 20.9. The smallest absolute Gasteiger partial charge is 0.339 e. The number of carboxylic acids is 1. The van der Waals surface area contributed by atoms with Crippen LogP contribution in [-0.4, -0.2) is 53.7 Å². The molecule has 59 heavy (non-hydrogen) atoms. The van der Waals surface area contributed by atoms with Crippen molar-refractivity contribution in [1.82, 2.24) is 29.5 Å². The van der Waals surface area contributed by atoms with E-state index < -0.39 is 5.97 Å². The van der Waals surface area contributed by atoms with Gasteiger partial charge in [-0.2, -0.15) is 10.2 Å².